The SMILES string of the molecule is Cc1ccnc(OCC(C)(C)C(=O)NC2CCN(C)CC2)c1C. The fourth-order valence-corrected chi connectivity index (χ4v) is 2.60. The maximum atomic E-state index is 12.6. The summed E-state index contributed by atoms with van der Waals surface area (Å²) < 4.78 is 5.83. The van der Waals surface area contributed by atoms with E-state index in [1.807, 2.05) is 33.8 Å². The summed E-state index contributed by atoms with van der Waals surface area (Å²) in [5.74, 6) is 0.669. The van der Waals surface area contributed by atoms with Gasteiger partial charge < -0.3 is 15.0 Å². The van der Waals surface area contributed by atoms with Crippen LogP contribution in [0.15, 0.2) is 12.3 Å². The first-order valence-corrected chi connectivity index (χ1v) is 8.34. The average Bonchev–Trinajstić information content (AvgIpc) is 2.51. The number of rotatable bonds is 5. The summed E-state index contributed by atoms with van der Waals surface area (Å²) >= 11 is 0. The van der Waals surface area contributed by atoms with Crippen LogP contribution in [0.5, 0.6) is 5.88 Å². The number of piperidine rings is 1. The van der Waals surface area contributed by atoms with Gasteiger partial charge in [0, 0.05) is 17.8 Å². The molecule has 128 valence electrons. The van der Waals surface area contributed by atoms with Crippen LogP contribution in [0.25, 0.3) is 0 Å². The van der Waals surface area contributed by atoms with E-state index in [1.165, 1.54) is 0 Å². The Kier molecular flexibility index (Phi) is 5.63. The van der Waals surface area contributed by atoms with E-state index in [0.717, 1.165) is 37.1 Å². The molecule has 1 fully saturated rings. The van der Waals surface area contributed by atoms with Crippen LogP contribution >= 0.6 is 0 Å². The molecule has 0 spiro atoms. The molecule has 1 saturated heterocycles. The van der Waals surface area contributed by atoms with Gasteiger partial charge in [-0.25, -0.2) is 4.98 Å². The number of nitrogens with one attached hydrogen (secondary N) is 1. The maximum Gasteiger partial charge on any atom is 0.229 e. The van der Waals surface area contributed by atoms with E-state index in [0.29, 0.717) is 12.5 Å². The number of amides is 1. The Morgan fingerprint density at radius 2 is 2.04 bits per heavy atom. The van der Waals surface area contributed by atoms with E-state index >= 15 is 0 Å². The first-order valence-electron chi connectivity index (χ1n) is 8.34. The average molecular weight is 319 g/mol. The molecule has 1 aromatic rings. The van der Waals surface area contributed by atoms with Crippen molar-refractivity contribution in [1.82, 2.24) is 15.2 Å². The number of ether oxygens (including phenoxy) is 1. The fourth-order valence-electron chi connectivity index (χ4n) is 2.60. The summed E-state index contributed by atoms with van der Waals surface area (Å²) in [6.45, 7) is 10.3. The Morgan fingerprint density at radius 1 is 1.39 bits per heavy atom. The molecule has 0 radical (unpaired) electrons. The lowest BCUT2D eigenvalue weighted by Crippen LogP contribution is -2.49. The molecule has 5 heteroatoms. The van der Waals surface area contributed by atoms with Crippen molar-refractivity contribution in [3.8, 4) is 5.88 Å². The minimum absolute atomic E-state index is 0.0531. The van der Waals surface area contributed by atoms with E-state index in [2.05, 4.69) is 22.2 Å². The molecular formula is C18H29N3O2. The van der Waals surface area contributed by atoms with Gasteiger partial charge in [0.25, 0.3) is 0 Å². The minimum atomic E-state index is -0.582. The predicted octanol–water partition coefficient (Wildman–Crippen LogP) is 2.31. The summed E-state index contributed by atoms with van der Waals surface area (Å²) in [6, 6.07) is 2.23. The van der Waals surface area contributed by atoms with Gasteiger partial charge in [-0.05, 0) is 72.3 Å². The van der Waals surface area contributed by atoms with Crippen molar-refractivity contribution in [3.05, 3.63) is 23.4 Å². The molecule has 23 heavy (non-hydrogen) atoms. The fraction of sp³-hybridized carbons (Fsp3) is 0.667. The second-order valence-corrected chi connectivity index (χ2v) is 7.28. The van der Waals surface area contributed by atoms with Gasteiger partial charge in [-0.15, -0.1) is 0 Å². The highest BCUT2D eigenvalue weighted by Crippen LogP contribution is 2.22. The smallest absolute Gasteiger partial charge is 0.229 e. The van der Waals surface area contributed by atoms with Crippen LogP contribution in [0.2, 0.25) is 0 Å². The van der Waals surface area contributed by atoms with Crippen molar-refractivity contribution in [1.29, 1.82) is 0 Å². The van der Waals surface area contributed by atoms with Crippen molar-refractivity contribution in [2.75, 3.05) is 26.7 Å². The lowest BCUT2D eigenvalue weighted by atomic mass is 9.92. The Balaban J connectivity index is 1.90. The van der Waals surface area contributed by atoms with Gasteiger partial charge in [-0.3, -0.25) is 4.79 Å². The Morgan fingerprint density at radius 3 is 2.70 bits per heavy atom. The summed E-state index contributed by atoms with van der Waals surface area (Å²) in [6.07, 6.45) is 3.76. The first-order chi connectivity index (χ1) is 10.8. The third-order valence-corrected chi connectivity index (χ3v) is 4.67. The third-order valence-electron chi connectivity index (χ3n) is 4.67. The van der Waals surface area contributed by atoms with Crippen LogP contribution in [0.4, 0.5) is 0 Å². The summed E-state index contributed by atoms with van der Waals surface area (Å²) in [5, 5.41) is 3.18. The molecule has 0 aliphatic carbocycles. The summed E-state index contributed by atoms with van der Waals surface area (Å²) in [7, 11) is 2.12. The van der Waals surface area contributed by atoms with Crippen LogP contribution in [0, 0.1) is 19.3 Å². The van der Waals surface area contributed by atoms with Crippen LogP contribution in [0.1, 0.15) is 37.8 Å². The van der Waals surface area contributed by atoms with E-state index in [1.54, 1.807) is 6.20 Å². The third kappa shape index (κ3) is 4.67. The molecule has 1 aromatic heterocycles. The van der Waals surface area contributed by atoms with Crippen LogP contribution in [0.3, 0.4) is 0 Å². The number of likely N-dealkylation sites (tertiary alicyclic amines) is 1. The van der Waals surface area contributed by atoms with Gasteiger partial charge in [0.05, 0.1) is 5.41 Å². The van der Waals surface area contributed by atoms with Crippen molar-refractivity contribution in [2.45, 2.75) is 46.6 Å². The molecule has 0 unspecified atom stereocenters. The highest BCUT2D eigenvalue weighted by Gasteiger charge is 2.31. The van der Waals surface area contributed by atoms with Gasteiger partial charge in [0.15, 0.2) is 0 Å². The van der Waals surface area contributed by atoms with Gasteiger partial charge in [0.1, 0.15) is 6.61 Å². The Hall–Kier alpha value is -1.62. The lowest BCUT2D eigenvalue weighted by molar-refractivity contribution is -0.131. The minimum Gasteiger partial charge on any atom is -0.476 e. The molecule has 0 aromatic carbocycles. The topological polar surface area (TPSA) is 54.5 Å². The molecule has 1 amide bonds. The number of aromatic nitrogens is 1. The second-order valence-electron chi connectivity index (χ2n) is 7.28. The number of nitrogens with zero attached hydrogens (tertiary/aromatic N) is 2. The number of carbonyl (C=O) groups excluding carboxylic acids is 1. The normalized spacial score (nSPS) is 17.1. The van der Waals surface area contributed by atoms with Crippen LogP contribution < -0.4 is 10.1 Å². The zero-order chi connectivity index (χ0) is 17.0. The zero-order valence-corrected chi connectivity index (χ0v) is 15.0. The first kappa shape index (κ1) is 17.7. The molecule has 2 heterocycles. The second kappa shape index (κ2) is 7.30. The molecule has 1 aliphatic heterocycles. The van der Waals surface area contributed by atoms with E-state index in [-0.39, 0.29) is 11.9 Å². The van der Waals surface area contributed by atoms with Gasteiger partial charge in [-0.1, -0.05) is 0 Å². The Labute approximate surface area is 139 Å². The van der Waals surface area contributed by atoms with E-state index in [4.69, 9.17) is 4.74 Å². The molecule has 0 atom stereocenters. The Bertz CT molecular complexity index is 549. The predicted molar refractivity (Wildman–Crippen MR) is 91.6 cm³/mol. The number of hydrogen-bond acceptors (Lipinski definition) is 4. The van der Waals surface area contributed by atoms with Gasteiger partial charge in [-0.2, -0.15) is 0 Å². The number of aryl methyl sites for hydroxylation is 1. The molecule has 1 aliphatic rings. The number of carbonyl (C=O) groups is 1. The highest BCUT2D eigenvalue weighted by molar-refractivity contribution is 5.82. The molecule has 0 saturated carbocycles. The molecule has 0 bridgehead atoms. The summed E-state index contributed by atoms with van der Waals surface area (Å²) in [4.78, 5) is 19.1. The van der Waals surface area contributed by atoms with E-state index in [9.17, 15) is 4.79 Å². The van der Waals surface area contributed by atoms with E-state index < -0.39 is 5.41 Å². The van der Waals surface area contributed by atoms with Crippen LogP contribution in [-0.2, 0) is 4.79 Å². The summed E-state index contributed by atoms with van der Waals surface area (Å²) in [5.41, 5.74) is 1.59. The van der Waals surface area contributed by atoms with Gasteiger partial charge in [0.2, 0.25) is 11.8 Å². The largest absolute Gasteiger partial charge is 0.476 e. The monoisotopic (exact) mass is 319 g/mol. The molecule has 1 N–H and O–H groups in total. The lowest BCUT2D eigenvalue weighted by Gasteiger charge is -2.32. The zero-order valence-electron chi connectivity index (χ0n) is 15.0. The van der Waals surface area contributed by atoms with Crippen molar-refractivity contribution < 1.29 is 9.53 Å². The molecule has 2 rings (SSSR count). The maximum absolute atomic E-state index is 12.6. The molecule has 5 nitrogen and oxygen atoms in total. The number of hydrogen-bond donors (Lipinski definition) is 1. The highest BCUT2D eigenvalue weighted by atomic mass is 16.5. The molecular weight excluding hydrogens is 290 g/mol. The van der Waals surface area contributed by atoms with Crippen molar-refractivity contribution >= 4 is 5.91 Å². The van der Waals surface area contributed by atoms with Crippen molar-refractivity contribution in [2.24, 2.45) is 5.41 Å². The van der Waals surface area contributed by atoms with Crippen molar-refractivity contribution in [3.63, 3.8) is 0 Å². The standard InChI is InChI=1S/C18H29N3O2/c1-13-6-9-19-16(14(13)2)23-12-18(3,4)17(22)20-15-7-10-21(5)11-8-15/h6,9,15H,7-8,10-12H2,1-5H3,(H,20,22). The van der Waals surface area contributed by atoms with Crippen LogP contribution in [-0.4, -0.2) is 48.6 Å². The van der Waals surface area contributed by atoms with Gasteiger partial charge >= 0.3 is 0 Å². The number of pyridine rings is 1. The quantitative estimate of drug-likeness (QED) is 0.905.